The first-order valence-corrected chi connectivity index (χ1v) is 7.81. The van der Waals surface area contributed by atoms with Crippen molar-refractivity contribution in [1.82, 2.24) is 9.97 Å². The zero-order chi connectivity index (χ0) is 14.6. The summed E-state index contributed by atoms with van der Waals surface area (Å²) in [5, 5.41) is 3.17. The van der Waals surface area contributed by atoms with Gasteiger partial charge in [0.15, 0.2) is 5.82 Å². The van der Waals surface area contributed by atoms with Crippen LogP contribution in [0.3, 0.4) is 0 Å². The van der Waals surface area contributed by atoms with Crippen LogP contribution in [-0.4, -0.2) is 24.1 Å². The first kappa shape index (κ1) is 15.2. The Labute approximate surface area is 122 Å². The molecule has 0 aliphatic heterocycles. The molecule has 0 unspecified atom stereocenters. The third kappa shape index (κ3) is 2.80. The molecule has 1 aromatic heterocycles. The van der Waals surface area contributed by atoms with Gasteiger partial charge in [-0.1, -0.05) is 26.7 Å². The summed E-state index contributed by atoms with van der Waals surface area (Å²) in [5.74, 6) is 2.33. The lowest BCUT2D eigenvalue weighted by atomic mass is 9.95. The summed E-state index contributed by atoms with van der Waals surface area (Å²) in [7, 11) is 3.68. The zero-order valence-corrected chi connectivity index (χ0v) is 13.2. The van der Waals surface area contributed by atoms with Crippen molar-refractivity contribution in [2.45, 2.75) is 63.9 Å². The molecule has 1 aliphatic rings. The molecule has 1 N–H and O–H groups in total. The van der Waals surface area contributed by atoms with Crippen LogP contribution in [0.4, 0.5) is 5.82 Å². The average molecular weight is 277 g/mol. The molecule has 20 heavy (non-hydrogen) atoms. The van der Waals surface area contributed by atoms with E-state index in [4.69, 9.17) is 9.72 Å². The second-order valence-electron chi connectivity index (χ2n) is 5.64. The second-order valence-corrected chi connectivity index (χ2v) is 5.64. The summed E-state index contributed by atoms with van der Waals surface area (Å²) >= 11 is 0. The minimum Gasteiger partial charge on any atom is -0.373 e. The highest BCUT2D eigenvalue weighted by Gasteiger charge is 2.33. The van der Waals surface area contributed by atoms with Crippen molar-refractivity contribution >= 4 is 5.82 Å². The molecule has 0 saturated heterocycles. The molecular weight excluding hydrogens is 250 g/mol. The molecule has 0 spiro atoms. The van der Waals surface area contributed by atoms with E-state index in [0.717, 1.165) is 24.5 Å². The summed E-state index contributed by atoms with van der Waals surface area (Å²) in [4.78, 5) is 9.53. The van der Waals surface area contributed by atoms with E-state index in [-0.39, 0.29) is 5.60 Å². The smallest absolute Gasteiger partial charge is 0.162 e. The van der Waals surface area contributed by atoms with Gasteiger partial charge in [0, 0.05) is 31.8 Å². The van der Waals surface area contributed by atoms with Crippen LogP contribution in [0.15, 0.2) is 6.07 Å². The Morgan fingerprint density at radius 3 is 2.40 bits per heavy atom. The molecule has 112 valence electrons. The third-order valence-corrected chi connectivity index (χ3v) is 4.72. The monoisotopic (exact) mass is 277 g/mol. The predicted molar refractivity (Wildman–Crippen MR) is 82.1 cm³/mol. The van der Waals surface area contributed by atoms with E-state index in [0.29, 0.717) is 5.92 Å². The first-order valence-electron chi connectivity index (χ1n) is 7.81. The Morgan fingerprint density at radius 1 is 1.25 bits per heavy atom. The lowest BCUT2D eigenvalue weighted by Gasteiger charge is -2.29. The fourth-order valence-corrected chi connectivity index (χ4v) is 3.17. The summed E-state index contributed by atoms with van der Waals surface area (Å²) in [5.41, 5.74) is 0.820. The van der Waals surface area contributed by atoms with Crippen LogP contribution in [0.25, 0.3) is 0 Å². The van der Waals surface area contributed by atoms with Crippen LogP contribution < -0.4 is 5.32 Å². The highest BCUT2D eigenvalue weighted by atomic mass is 16.5. The maximum Gasteiger partial charge on any atom is 0.162 e. The molecule has 0 radical (unpaired) electrons. The highest BCUT2D eigenvalue weighted by molar-refractivity contribution is 5.37. The van der Waals surface area contributed by atoms with Crippen molar-refractivity contribution in [3.05, 3.63) is 17.6 Å². The number of aromatic nitrogens is 2. The lowest BCUT2D eigenvalue weighted by molar-refractivity contribution is -0.0292. The second kappa shape index (κ2) is 6.53. The summed E-state index contributed by atoms with van der Waals surface area (Å²) < 4.78 is 5.79. The molecule has 1 fully saturated rings. The summed E-state index contributed by atoms with van der Waals surface area (Å²) in [6.07, 6.45) is 6.90. The molecule has 1 aliphatic carbocycles. The number of hydrogen-bond donors (Lipinski definition) is 1. The Morgan fingerprint density at radius 2 is 1.90 bits per heavy atom. The normalized spacial score (nSPS) is 16.6. The van der Waals surface area contributed by atoms with E-state index in [9.17, 15) is 0 Å². The van der Waals surface area contributed by atoms with E-state index in [1.807, 2.05) is 7.05 Å². The van der Waals surface area contributed by atoms with Gasteiger partial charge in [0.1, 0.15) is 11.4 Å². The summed E-state index contributed by atoms with van der Waals surface area (Å²) in [6.45, 7) is 4.27. The van der Waals surface area contributed by atoms with Gasteiger partial charge in [-0.3, -0.25) is 0 Å². The molecule has 1 aromatic rings. The molecule has 0 bridgehead atoms. The van der Waals surface area contributed by atoms with Crippen LogP contribution >= 0.6 is 0 Å². The Balaban J connectivity index is 2.43. The average Bonchev–Trinajstić information content (AvgIpc) is 3.04. The molecule has 1 heterocycles. The van der Waals surface area contributed by atoms with E-state index >= 15 is 0 Å². The predicted octanol–water partition coefficient (Wildman–Crippen LogP) is 3.84. The zero-order valence-electron chi connectivity index (χ0n) is 13.2. The number of nitrogens with one attached hydrogen (secondary N) is 1. The van der Waals surface area contributed by atoms with Gasteiger partial charge in [0.05, 0.1) is 0 Å². The van der Waals surface area contributed by atoms with Crippen LogP contribution in [0.2, 0.25) is 0 Å². The number of anilines is 1. The lowest BCUT2D eigenvalue weighted by Crippen LogP contribution is -2.30. The number of rotatable bonds is 6. The van der Waals surface area contributed by atoms with Crippen molar-refractivity contribution in [2.75, 3.05) is 19.5 Å². The Kier molecular flexibility index (Phi) is 4.97. The van der Waals surface area contributed by atoms with E-state index in [2.05, 4.69) is 30.2 Å². The van der Waals surface area contributed by atoms with Crippen molar-refractivity contribution in [3.63, 3.8) is 0 Å². The van der Waals surface area contributed by atoms with Crippen LogP contribution in [0.1, 0.15) is 69.8 Å². The van der Waals surface area contributed by atoms with Crippen LogP contribution in [0, 0.1) is 0 Å². The van der Waals surface area contributed by atoms with Crippen molar-refractivity contribution in [3.8, 4) is 0 Å². The maximum absolute atomic E-state index is 5.79. The molecule has 1 saturated carbocycles. The fraction of sp³-hybridized carbons (Fsp3) is 0.750. The minimum atomic E-state index is -0.361. The van der Waals surface area contributed by atoms with E-state index in [1.165, 1.54) is 31.4 Å². The number of nitrogens with zero attached hydrogens (tertiary/aromatic N) is 2. The molecule has 0 atom stereocenters. The van der Waals surface area contributed by atoms with Gasteiger partial charge in [-0.2, -0.15) is 0 Å². The van der Waals surface area contributed by atoms with Crippen molar-refractivity contribution in [1.29, 1.82) is 0 Å². The minimum absolute atomic E-state index is 0.361. The topological polar surface area (TPSA) is 47.0 Å². The van der Waals surface area contributed by atoms with Gasteiger partial charge >= 0.3 is 0 Å². The van der Waals surface area contributed by atoms with Gasteiger partial charge in [-0.05, 0) is 25.7 Å². The van der Waals surface area contributed by atoms with E-state index < -0.39 is 0 Å². The van der Waals surface area contributed by atoms with Crippen molar-refractivity contribution in [2.24, 2.45) is 0 Å². The first-order chi connectivity index (χ1) is 9.69. The van der Waals surface area contributed by atoms with Gasteiger partial charge < -0.3 is 10.1 Å². The number of ether oxygens (including phenoxy) is 1. The molecule has 4 heteroatoms. The Hall–Kier alpha value is -1.16. The molecule has 4 nitrogen and oxygen atoms in total. The molecule has 0 amide bonds. The van der Waals surface area contributed by atoms with Gasteiger partial charge in [0.2, 0.25) is 0 Å². The largest absolute Gasteiger partial charge is 0.373 e. The van der Waals surface area contributed by atoms with Gasteiger partial charge in [-0.25, -0.2) is 9.97 Å². The van der Waals surface area contributed by atoms with Gasteiger partial charge in [-0.15, -0.1) is 0 Å². The van der Waals surface area contributed by atoms with Crippen molar-refractivity contribution < 1.29 is 4.74 Å². The SMILES string of the molecule is CCC(CC)(OC)c1nc(NC)cc(C2CCCC2)n1. The maximum atomic E-state index is 5.79. The summed E-state index contributed by atoms with van der Waals surface area (Å²) in [6, 6.07) is 2.10. The number of methoxy groups -OCH3 is 1. The molecule has 2 rings (SSSR count). The standard InChI is InChI=1S/C16H27N3O/c1-5-16(6-2,20-4)15-18-13(11-14(17-3)19-15)12-9-7-8-10-12/h11-12H,5-10H2,1-4H3,(H,17,18,19). The van der Waals surface area contributed by atoms with E-state index in [1.54, 1.807) is 7.11 Å². The molecular formula is C16H27N3O. The third-order valence-electron chi connectivity index (χ3n) is 4.72. The van der Waals surface area contributed by atoms with Crippen LogP contribution in [-0.2, 0) is 10.3 Å². The van der Waals surface area contributed by atoms with Crippen LogP contribution in [0.5, 0.6) is 0 Å². The highest BCUT2D eigenvalue weighted by Crippen LogP contribution is 2.36. The molecule has 0 aromatic carbocycles. The Bertz CT molecular complexity index is 429. The van der Waals surface area contributed by atoms with Gasteiger partial charge in [0.25, 0.3) is 0 Å². The quantitative estimate of drug-likeness (QED) is 0.858. The number of hydrogen-bond acceptors (Lipinski definition) is 4. The fourth-order valence-electron chi connectivity index (χ4n) is 3.17.